The van der Waals surface area contributed by atoms with Crippen molar-refractivity contribution in [3.8, 4) is 5.75 Å². The van der Waals surface area contributed by atoms with E-state index in [9.17, 15) is 13.2 Å². The summed E-state index contributed by atoms with van der Waals surface area (Å²) in [6, 6.07) is 11.8. The molecule has 0 saturated carbocycles. The average molecular weight is 380 g/mol. The van der Waals surface area contributed by atoms with Crippen molar-refractivity contribution >= 4 is 33.4 Å². The zero-order chi connectivity index (χ0) is 18.4. The molecule has 0 radical (unpaired) electrons. The summed E-state index contributed by atoms with van der Waals surface area (Å²) < 4.78 is 32.7. The van der Waals surface area contributed by atoms with Gasteiger partial charge in [0, 0.05) is 18.4 Å². The molecular formula is C17H20N2O4S2. The zero-order valence-electron chi connectivity index (χ0n) is 14.2. The van der Waals surface area contributed by atoms with Gasteiger partial charge in [-0.1, -0.05) is 12.1 Å². The molecule has 0 spiro atoms. The van der Waals surface area contributed by atoms with E-state index in [0.29, 0.717) is 11.4 Å². The lowest BCUT2D eigenvalue weighted by molar-refractivity contribution is -0.114. The predicted molar refractivity (Wildman–Crippen MR) is 99.5 cm³/mol. The number of hydrogen-bond acceptors (Lipinski definition) is 5. The molecule has 0 fully saturated rings. The van der Waals surface area contributed by atoms with Gasteiger partial charge in [0.25, 0.3) is 0 Å². The fourth-order valence-corrected chi connectivity index (χ4v) is 3.72. The lowest BCUT2D eigenvalue weighted by Gasteiger charge is -2.12. The quantitative estimate of drug-likeness (QED) is 0.722. The van der Waals surface area contributed by atoms with E-state index in [1.54, 1.807) is 37.4 Å². The first kappa shape index (κ1) is 19.3. The molecule has 2 aromatic rings. The molecule has 0 unspecified atom stereocenters. The highest BCUT2D eigenvalue weighted by molar-refractivity contribution is 7.98. The second-order valence-electron chi connectivity index (χ2n) is 5.22. The van der Waals surface area contributed by atoms with Crippen LogP contribution in [0.4, 0.5) is 5.69 Å². The van der Waals surface area contributed by atoms with E-state index in [2.05, 4.69) is 10.0 Å². The molecule has 0 aromatic heterocycles. The SMILES string of the molecule is COc1ccc(CNS(=O)(=O)c2ccc(SC)c(NC(C)=O)c2)cc1. The van der Waals surface area contributed by atoms with Crippen molar-refractivity contribution in [2.45, 2.75) is 23.3 Å². The van der Waals surface area contributed by atoms with Crippen LogP contribution in [0.5, 0.6) is 5.75 Å². The standard InChI is InChI=1S/C17H20N2O4S2/c1-12(20)19-16-10-15(8-9-17(16)24-3)25(21,22)18-11-13-4-6-14(23-2)7-5-13/h4-10,18H,11H2,1-3H3,(H,19,20). The van der Waals surface area contributed by atoms with Crippen LogP contribution in [0.15, 0.2) is 52.3 Å². The van der Waals surface area contributed by atoms with Gasteiger partial charge in [0.1, 0.15) is 5.75 Å². The molecular weight excluding hydrogens is 360 g/mol. The van der Waals surface area contributed by atoms with Gasteiger partial charge >= 0.3 is 0 Å². The van der Waals surface area contributed by atoms with E-state index in [-0.39, 0.29) is 17.3 Å². The monoisotopic (exact) mass is 380 g/mol. The number of anilines is 1. The van der Waals surface area contributed by atoms with Crippen LogP contribution in [0.25, 0.3) is 0 Å². The smallest absolute Gasteiger partial charge is 0.240 e. The Balaban J connectivity index is 2.18. The maximum absolute atomic E-state index is 12.5. The van der Waals surface area contributed by atoms with Crippen molar-refractivity contribution in [1.82, 2.24) is 4.72 Å². The highest BCUT2D eigenvalue weighted by atomic mass is 32.2. The molecule has 134 valence electrons. The molecule has 0 heterocycles. The summed E-state index contributed by atoms with van der Waals surface area (Å²) in [4.78, 5) is 12.2. The number of amides is 1. The molecule has 1 amide bonds. The van der Waals surface area contributed by atoms with Gasteiger partial charge in [-0.25, -0.2) is 13.1 Å². The van der Waals surface area contributed by atoms with Crippen LogP contribution in [-0.4, -0.2) is 27.7 Å². The number of thioether (sulfide) groups is 1. The van der Waals surface area contributed by atoms with Crippen molar-refractivity contribution in [3.05, 3.63) is 48.0 Å². The van der Waals surface area contributed by atoms with E-state index in [0.717, 1.165) is 10.5 Å². The van der Waals surface area contributed by atoms with Gasteiger partial charge in [-0.15, -0.1) is 11.8 Å². The molecule has 0 aliphatic rings. The largest absolute Gasteiger partial charge is 0.497 e. The summed E-state index contributed by atoms with van der Waals surface area (Å²) in [5.41, 5.74) is 1.29. The van der Waals surface area contributed by atoms with E-state index < -0.39 is 10.0 Å². The average Bonchev–Trinajstić information content (AvgIpc) is 2.60. The Morgan fingerprint density at radius 1 is 1.16 bits per heavy atom. The third-order valence-corrected chi connectivity index (χ3v) is 5.61. The molecule has 0 bridgehead atoms. The lowest BCUT2D eigenvalue weighted by Crippen LogP contribution is -2.23. The highest BCUT2D eigenvalue weighted by Crippen LogP contribution is 2.28. The molecule has 2 aromatic carbocycles. The summed E-state index contributed by atoms with van der Waals surface area (Å²) in [6.07, 6.45) is 1.86. The third kappa shape index (κ3) is 5.22. The van der Waals surface area contributed by atoms with Gasteiger partial charge in [0.15, 0.2) is 0 Å². The lowest BCUT2D eigenvalue weighted by atomic mass is 10.2. The van der Waals surface area contributed by atoms with Gasteiger partial charge < -0.3 is 10.1 Å². The number of methoxy groups -OCH3 is 1. The third-order valence-electron chi connectivity index (χ3n) is 3.42. The van der Waals surface area contributed by atoms with Crippen LogP contribution in [0, 0.1) is 0 Å². The normalized spacial score (nSPS) is 11.2. The molecule has 8 heteroatoms. The Hall–Kier alpha value is -2.03. The predicted octanol–water partition coefficient (Wildman–Crippen LogP) is 2.85. The molecule has 2 rings (SSSR count). The Kier molecular flexibility index (Phi) is 6.46. The van der Waals surface area contributed by atoms with Crippen molar-refractivity contribution in [2.24, 2.45) is 0 Å². The number of benzene rings is 2. The topological polar surface area (TPSA) is 84.5 Å². The molecule has 2 N–H and O–H groups in total. The number of hydrogen-bond donors (Lipinski definition) is 2. The second-order valence-corrected chi connectivity index (χ2v) is 7.83. The number of carbonyl (C=O) groups excluding carboxylic acids is 1. The minimum Gasteiger partial charge on any atom is -0.497 e. The first-order valence-corrected chi connectivity index (χ1v) is 10.1. The minimum atomic E-state index is -3.70. The molecule has 0 atom stereocenters. The number of nitrogens with one attached hydrogen (secondary N) is 2. The van der Waals surface area contributed by atoms with E-state index in [1.165, 1.54) is 30.8 Å². The Morgan fingerprint density at radius 3 is 2.40 bits per heavy atom. The van der Waals surface area contributed by atoms with Gasteiger partial charge in [0.05, 0.1) is 17.7 Å². The molecule has 0 aliphatic heterocycles. The molecule has 0 saturated heterocycles. The van der Waals surface area contributed by atoms with E-state index >= 15 is 0 Å². The van der Waals surface area contributed by atoms with Gasteiger partial charge in [0.2, 0.25) is 15.9 Å². The highest BCUT2D eigenvalue weighted by Gasteiger charge is 2.16. The van der Waals surface area contributed by atoms with Crippen LogP contribution in [0.3, 0.4) is 0 Å². The summed E-state index contributed by atoms with van der Waals surface area (Å²) in [6.45, 7) is 1.54. The number of ether oxygens (including phenoxy) is 1. The summed E-state index contributed by atoms with van der Waals surface area (Å²) in [5, 5.41) is 2.66. The summed E-state index contributed by atoms with van der Waals surface area (Å²) in [7, 11) is -2.13. The van der Waals surface area contributed by atoms with Crippen LogP contribution in [0.2, 0.25) is 0 Å². The maximum Gasteiger partial charge on any atom is 0.240 e. The number of rotatable bonds is 7. The Labute approximate surface area is 152 Å². The van der Waals surface area contributed by atoms with Crippen LogP contribution in [0.1, 0.15) is 12.5 Å². The van der Waals surface area contributed by atoms with Crippen molar-refractivity contribution in [2.75, 3.05) is 18.7 Å². The van der Waals surface area contributed by atoms with Gasteiger partial charge in [-0.2, -0.15) is 0 Å². The number of carbonyl (C=O) groups is 1. The minimum absolute atomic E-state index is 0.0996. The van der Waals surface area contributed by atoms with Gasteiger partial charge in [-0.3, -0.25) is 4.79 Å². The first-order chi connectivity index (χ1) is 11.9. The Morgan fingerprint density at radius 2 is 1.84 bits per heavy atom. The molecule has 6 nitrogen and oxygen atoms in total. The second kappa shape index (κ2) is 8.37. The fraction of sp³-hybridized carbons (Fsp3) is 0.235. The van der Waals surface area contributed by atoms with Crippen molar-refractivity contribution in [1.29, 1.82) is 0 Å². The summed E-state index contributed by atoms with van der Waals surface area (Å²) in [5.74, 6) is 0.454. The maximum atomic E-state index is 12.5. The fourth-order valence-electron chi connectivity index (χ4n) is 2.15. The molecule has 0 aliphatic carbocycles. The zero-order valence-corrected chi connectivity index (χ0v) is 15.8. The van der Waals surface area contributed by atoms with Crippen molar-refractivity contribution in [3.63, 3.8) is 0 Å². The number of sulfonamides is 1. The van der Waals surface area contributed by atoms with Gasteiger partial charge in [-0.05, 0) is 42.2 Å². The van der Waals surface area contributed by atoms with Crippen LogP contribution in [-0.2, 0) is 21.4 Å². The first-order valence-electron chi connectivity index (χ1n) is 7.44. The summed E-state index contributed by atoms with van der Waals surface area (Å²) >= 11 is 1.43. The van der Waals surface area contributed by atoms with Crippen LogP contribution < -0.4 is 14.8 Å². The molecule has 25 heavy (non-hydrogen) atoms. The Bertz CT molecular complexity index is 849. The van der Waals surface area contributed by atoms with Crippen molar-refractivity contribution < 1.29 is 17.9 Å². The van der Waals surface area contributed by atoms with E-state index in [4.69, 9.17) is 4.74 Å². The van der Waals surface area contributed by atoms with E-state index in [1.807, 2.05) is 6.26 Å². The van der Waals surface area contributed by atoms with Crippen LogP contribution >= 0.6 is 11.8 Å².